The largest absolute Gasteiger partial charge is 0.325 e. The van der Waals surface area contributed by atoms with E-state index < -0.39 is 0 Å². The van der Waals surface area contributed by atoms with Gasteiger partial charge in [-0.25, -0.2) is 0 Å². The minimum absolute atomic E-state index is 0.111. The van der Waals surface area contributed by atoms with Crippen molar-refractivity contribution in [3.05, 3.63) is 29.8 Å². The molecule has 0 bridgehead atoms. The molecule has 0 heterocycles. The van der Waals surface area contributed by atoms with Crippen molar-refractivity contribution in [1.82, 2.24) is 5.32 Å². The quantitative estimate of drug-likeness (QED) is 0.708. The number of rotatable bonds is 5. The highest BCUT2D eigenvalue weighted by Crippen LogP contribution is 2.08. The summed E-state index contributed by atoms with van der Waals surface area (Å²) in [6.45, 7) is 2.96. The standard InChI is InChI=1S/C11H14N2O2/c1-2-12-7-11(15)13-10-5-3-4-9(6-10)8-14/h3-6,8,12H,2,7H2,1H3,(H,13,15). The van der Waals surface area contributed by atoms with Crippen molar-refractivity contribution >= 4 is 17.9 Å². The Kier molecular flexibility index (Phi) is 4.50. The van der Waals surface area contributed by atoms with Crippen LogP contribution in [0.25, 0.3) is 0 Å². The maximum Gasteiger partial charge on any atom is 0.238 e. The minimum Gasteiger partial charge on any atom is -0.325 e. The molecule has 4 heteroatoms. The van der Waals surface area contributed by atoms with Crippen molar-refractivity contribution in [3.8, 4) is 0 Å². The second-order valence-corrected chi connectivity index (χ2v) is 3.07. The SMILES string of the molecule is CCNCC(=O)Nc1cccc(C=O)c1. The average molecular weight is 206 g/mol. The van der Waals surface area contributed by atoms with E-state index in [1.807, 2.05) is 6.92 Å². The molecule has 0 aliphatic rings. The Bertz CT molecular complexity index is 350. The van der Waals surface area contributed by atoms with Gasteiger partial charge in [-0.15, -0.1) is 0 Å². The van der Waals surface area contributed by atoms with E-state index >= 15 is 0 Å². The Hall–Kier alpha value is -1.68. The van der Waals surface area contributed by atoms with E-state index in [1.54, 1.807) is 24.3 Å². The highest BCUT2D eigenvalue weighted by atomic mass is 16.1. The number of amides is 1. The van der Waals surface area contributed by atoms with Gasteiger partial charge >= 0.3 is 0 Å². The van der Waals surface area contributed by atoms with Crippen LogP contribution < -0.4 is 10.6 Å². The van der Waals surface area contributed by atoms with Crippen LogP contribution in [-0.2, 0) is 4.79 Å². The van der Waals surface area contributed by atoms with Crippen molar-refractivity contribution < 1.29 is 9.59 Å². The molecule has 1 amide bonds. The van der Waals surface area contributed by atoms with Crippen LogP contribution in [0.1, 0.15) is 17.3 Å². The van der Waals surface area contributed by atoms with Crippen LogP contribution >= 0.6 is 0 Å². The Morgan fingerprint density at radius 2 is 2.27 bits per heavy atom. The lowest BCUT2D eigenvalue weighted by molar-refractivity contribution is -0.115. The van der Waals surface area contributed by atoms with E-state index in [4.69, 9.17) is 0 Å². The highest BCUT2D eigenvalue weighted by molar-refractivity contribution is 5.93. The molecule has 4 nitrogen and oxygen atoms in total. The summed E-state index contributed by atoms with van der Waals surface area (Å²) in [6, 6.07) is 6.80. The van der Waals surface area contributed by atoms with E-state index in [-0.39, 0.29) is 12.5 Å². The van der Waals surface area contributed by atoms with Gasteiger partial charge in [0.25, 0.3) is 0 Å². The van der Waals surface area contributed by atoms with E-state index in [0.29, 0.717) is 11.3 Å². The number of carbonyl (C=O) groups excluding carboxylic acids is 2. The van der Waals surface area contributed by atoms with Crippen LogP contribution in [0.15, 0.2) is 24.3 Å². The van der Waals surface area contributed by atoms with Crippen LogP contribution in [0, 0.1) is 0 Å². The molecule has 0 unspecified atom stereocenters. The fourth-order valence-corrected chi connectivity index (χ4v) is 1.13. The Balaban J connectivity index is 2.56. The molecular weight excluding hydrogens is 192 g/mol. The van der Waals surface area contributed by atoms with Gasteiger partial charge in [-0.2, -0.15) is 0 Å². The number of aldehydes is 1. The average Bonchev–Trinajstić information content (AvgIpc) is 2.26. The molecule has 1 aromatic carbocycles. The number of benzene rings is 1. The zero-order valence-electron chi connectivity index (χ0n) is 8.62. The normalized spacial score (nSPS) is 9.67. The summed E-state index contributed by atoms with van der Waals surface area (Å²) in [5.41, 5.74) is 1.19. The molecule has 0 radical (unpaired) electrons. The van der Waals surface area contributed by atoms with E-state index in [1.165, 1.54) is 0 Å². The zero-order chi connectivity index (χ0) is 11.1. The fourth-order valence-electron chi connectivity index (χ4n) is 1.13. The topological polar surface area (TPSA) is 58.2 Å². The van der Waals surface area contributed by atoms with Gasteiger partial charge in [0.1, 0.15) is 6.29 Å². The molecule has 15 heavy (non-hydrogen) atoms. The highest BCUT2D eigenvalue weighted by Gasteiger charge is 2.01. The predicted octanol–water partition coefficient (Wildman–Crippen LogP) is 1.05. The van der Waals surface area contributed by atoms with Gasteiger partial charge in [0.05, 0.1) is 6.54 Å². The van der Waals surface area contributed by atoms with Gasteiger partial charge in [0.15, 0.2) is 0 Å². The minimum atomic E-state index is -0.111. The third-order valence-corrected chi connectivity index (χ3v) is 1.84. The first kappa shape index (κ1) is 11.4. The van der Waals surface area contributed by atoms with Crippen molar-refractivity contribution in [2.24, 2.45) is 0 Å². The number of anilines is 1. The molecular formula is C11H14N2O2. The van der Waals surface area contributed by atoms with Gasteiger partial charge in [-0.1, -0.05) is 19.1 Å². The van der Waals surface area contributed by atoms with Gasteiger partial charge in [0, 0.05) is 11.3 Å². The Labute approximate surface area is 88.7 Å². The van der Waals surface area contributed by atoms with Crippen molar-refractivity contribution in [2.75, 3.05) is 18.4 Å². The molecule has 2 N–H and O–H groups in total. The van der Waals surface area contributed by atoms with E-state index in [2.05, 4.69) is 10.6 Å². The third-order valence-electron chi connectivity index (χ3n) is 1.84. The van der Waals surface area contributed by atoms with Crippen molar-refractivity contribution in [2.45, 2.75) is 6.92 Å². The molecule has 0 spiro atoms. The van der Waals surface area contributed by atoms with Crippen LogP contribution in [0.2, 0.25) is 0 Å². The predicted molar refractivity (Wildman–Crippen MR) is 59.0 cm³/mol. The molecule has 0 fully saturated rings. The summed E-state index contributed by atoms with van der Waals surface area (Å²) in [6.07, 6.45) is 0.750. The first-order valence-electron chi connectivity index (χ1n) is 4.82. The number of carbonyl (C=O) groups is 2. The first-order chi connectivity index (χ1) is 7.26. The summed E-state index contributed by atoms with van der Waals surface area (Å²) in [5.74, 6) is -0.111. The van der Waals surface area contributed by atoms with Gasteiger partial charge in [-0.05, 0) is 18.7 Å². The Morgan fingerprint density at radius 3 is 2.93 bits per heavy atom. The zero-order valence-corrected chi connectivity index (χ0v) is 8.62. The monoisotopic (exact) mass is 206 g/mol. The lowest BCUT2D eigenvalue weighted by Gasteiger charge is -2.05. The lowest BCUT2D eigenvalue weighted by Crippen LogP contribution is -2.27. The molecule has 0 atom stereocenters. The smallest absolute Gasteiger partial charge is 0.238 e. The van der Waals surface area contributed by atoms with Gasteiger partial charge in [-0.3, -0.25) is 9.59 Å². The van der Waals surface area contributed by atoms with Gasteiger partial charge < -0.3 is 10.6 Å². The number of hydrogen-bond donors (Lipinski definition) is 2. The number of nitrogens with one attached hydrogen (secondary N) is 2. The van der Waals surface area contributed by atoms with Crippen molar-refractivity contribution in [3.63, 3.8) is 0 Å². The molecule has 0 aromatic heterocycles. The van der Waals surface area contributed by atoms with Crippen LogP contribution in [0.4, 0.5) is 5.69 Å². The molecule has 1 rings (SSSR count). The molecule has 0 saturated heterocycles. The van der Waals surface area contributed by atoms with Crippen LogP contribution in [0.5, 0.6) is 0 Å². The lowest BCUT2D eigenvalue weighted by atomic mass is 10.2. The summed E-state index contributed by atoms with van der Waals surface area (Å²) >= 11 is 0. The van der Waals surface area contributed by atoms with E-state index in [9.17, 15) is 9.59 Å². The summed E-state index contributed by atoms with van der Waals surface area (Å²) in [5, 5.41) is 5.61. The third kappa shape index (κ3) is 3.91. The number of likely N-dealkylation sites (N-methyl/N-ethyl adjacent to an activating group) is 1. The first-order valence-corrected chi connectivity index (χ1v) is 4.82. The van der Waals surface area contributed by atoms with E-state index in [0.717, 1.165) is 12.8 Å². The molecule has 0 aliphatic heterocycles. The Morgan fingerprint density at radius 1 is 1.47 bits per heavy atom. The van der Waals surface area contributed by atoms with Crippen LogP contribution in [-0.4, -0.2) is 25.3 Å². The maximum absolute atomic E-state index is 11.3. The molecule has 80 valence electrons. The second-order valence-electron chi connectivity index (χ2n) is 3.07. The molecule has 0 saturated carbocycles. The van der Waals surface area contributed by atoms with Crippen molar-refractivity contribution in [1.29, 1.82) is 0 Å². The number of hydrogen-bond acceptors (Lipinski definition) is 3. The summed E-state index contributed by atoms with van der Waals surface area (Å²) in [4.78, 5) is 21.8. The fraction of sp³-hybridized carbons (Fsp3) is 0.273. The molecule has 1 aromatic rings. The maximum atomic E-state index is 11.3. The van der Waals surface area contributed by atoms with Gasteiger partial charge in [0.2, 0.25) is 5.91 Å². The summed E-state index contributed by atoms with van der Waals surface area (Å²) < 4.78 is 0. The van der Waals surface area contributed by atoms with Crippen LogP contribution in [0.3, 0.4) is 0 Å². The second kappa shape index (κ2) is 5.93. The molecule has 0 aliphatic carbocycles. The summed E-state index contributed by atoms with van der Waals surface area (Å²) in [7, 11) is 0.